The van der Waals surface area contributed by atoms with Crippen molar-refractivity contribution in [1.82, 2.24) is 0 Å². The minimum atomic E-state index is -1.83. The first-order chi connectivity index (χ1) is 15.8. The number of hydrogen-bond donors (Lipinski definition) is 0. The lowest BCUT2D eigenvalue weighted by Crippen LogP contribution is -2.43. The molecule has 9 nitrogen and oxygen atoms in total. The van der Waals surface area contributed by atoms with E-state index in [-0.39, 0.29) is 19.0 Å². The molecule has 0 radical (unpaired) electrons. The molecule has 0 aliphatic carbocycles. The van der Waals surface area contributed by atoms with Crippen LogP contribution in [-0.4, -0.2) is 45.3 Å². The Kier molecular flexibility index (Phi) is 5.88. The molecule has 0 spiro atoms. The monoisotopic (exact) mass is 456 g/mol. The van der Waals surface area contributed by atoms with Crippen LogP contribution in [0.15, 0.2) is 36.4 Å². The number of cyclic esters (lactones) is 1. The summed E-state index contributed by atoms with van der Waals surface area (Å²) in [5.41, 5.74) is -1.16. The fraction of sp³-hybridized carbons (Fsp3) is 0.375. The summed E-state index contributed by atoms with van der Waals surface area (Å²) >= 11 is 0. The summed E-state index contributed by atoms with van der Waals surface area (Å²) in [4.78, 5) is 39.9. The van der Waals surface area contributed by atoms with Crippen LogP contribution in [0.3, 0.4) is 0 Å². The summed E-state index contributed by atoms with van der Waals surface area (Å²) in [6.07, 6.45) is -1.04. The smallest absolute Gasteiger partial charge is 0.321 e. The normalized spacial score (nSPS) is 23.1. The summed E-state index contributed by atoms with van der Waals surface area (Å²) in [5, 5.41) is 0. The number of hydrogen-bond acceptors (Lipinski definition) is 9. The van der Waals surface area contributed by atoms with Gasteiger partial charge in [-0.1, -0.05) is 6.07 Å². The first-order valence-electron chi connectivity index (χ1n) is 10.4. The maximum absolute atomic E-state index is 13.7. The number of ketones is 1. The van der Waals surface area contributed by atoms with E-state index < -0.39 is 35.2 Å². The van der Waals surface area contributed by atoms with Crippen molar-refractivity contribution in [2.24, 2.45) is 11.3 Å². The minimum absolute atomic E-state index is 0.0695. The van der Waals surface area contributed by atoms with Gasteiger partial charge < -0.3 is 28.4 Å². The molecule has 4 rings (SSSR count). The first-order valence-corrected chi connectivity index (χ1v) is 10.4. The molecule has 0 bridgehead atoms. The zero-order chi connectivity index (χ0) is 23.8. The van der Waals surface area contributed by atoms with Crippen molar-refractivity contribution in [3.05, 3.63) is 47.5 Å². The second-order valence-corrected chi connectivity index (χ2v) is 7.77. The van der Waals surface area contributed by atoms with Crippen LogP contribution in [0.2, 0.25) is 0 Å². The molecule has 3 atom stereocenters. The minimum Gasteiger partial charge on any atom is -0.493 e. The third-order valence-electron chi connectivity index (χ3n) is 5.97. The quantitative estimate of drug-likeness (QED) is 0.353. The number of Topliss-reactive ketones (excluding diaryl/α,β-unsaturated/α-hetero) is 1. The Balaban J connectivity index is 1.77. The van der Waals surface area contributed by atoms with Crippen LogP contribution in [-0.2, 0) is 19.1 Å². The van der Waals surface area contributed by atoms with E-state index in [4.69, 9.17) is 28.4 Å². The lowest BCUT2D eigenvalue weighted by Gasteiger charge is -2.26. The summed E-state index contributed by atoms with van der Waals surface area (Å²) in [6, 6.07) is 9.52. The van der Waals surface area contributed by atoms with Crippen molar-refractivity contribution in [1.29, 1.82) is 0 Å². The third-order valence-corrected chi connectivity index (χ3v) is 5.97. The highest BCUT2D eigenvalue weighted by Crippen LogP contribution is 2.51. The number of carbonyl (C=O) groups excluding carboxylic acids is 3. The zero-order valence-corrected chi connectivity index (χ0v) is 18.7. The maximum atomic E-state index is 13.7. The lowest BCUT2D eigenvalue weighted by molar-refractivity contribution is -0.152. The van der Waals surface area contributed by atoms with Crippen molar-refractivity contribution < 1.29 is 42.8 Å². The fourth-order valence-corrected chi connectivity index (χ4v) is 4.19. The van der Waals surface area contributed by atoms with Crippen LogP contribution in [0.25, 0.3) is 0 Å². The van der Waals surface area contributed by atoms with Gasteiger partial charge in [0.15, 0.2) is 28.8 Å². The van der Waals surface area contributed by atoms with Gasteiger partial charge in [-0.2, -0.15) is 0 Å². The molecule has 2 aromatic carbocycles. The third kappa shape index (κ3) is 3.63. The van der Waals surface area contributed by atoms with Crippen LogP contribution in [0.4, 0.5) is 0 Å². The number of benzene rings is 2. The Morgan fingerprint density at radius 3 is 2.45 bits per heavy atom. The second-order valence-electron chi connectivity index (χ2n) is 7.77. The van der Waals surface area contributed by atoms with Gasteiger partial charge in [-0.05, 0) is 49.7 Å². The number of esters is 2. The zero-order valence-electron chi connectivity index (χ0n) is 18.7. The molecule has 0 amide bonds. The summed E-state index contributed by atoms with van der Waals surface area (Å²) < 4.78 is 32.1. The fourth-order valence-electron chi connectivity index (χ4n) is 4.19. The van der Waals surface area contributed by atoms with E-state index in [0.29, 0.717) is 28.6 Å². The molecule has 0 aromatic heterocycles. The number of ether oxygens (including phenoxy) is 6. The number of methoxy groups -OCH3 is 2. The molecule has 0 saturated carbocycles. The lowest BCUT2D eigenvalue weighted by atomic mass is 9.70. The van der Waals surface area contributed by atoms with Crippen molar-refractivity contribution in [2.75, 3.05) is 27.6 Å². The molecule has 2 heterocycles. The second kappa shape index (κ2) is 8.65. The van der Waals surface area contributed by atoms with Gasteiger partial charge in [-0.15, -0.1) is 0 Å². The van der Waals surface area contributed by atoms with Crippen molar-refractivity contribution in [3.8, 4) is 23.0 Å². The van der Waals surface area contributed by atoms with E-state index in [9.17, 15) is 14.4 Å². The van der Waals surface area contributed by atoms with Gasteiger partial charge in [0, 0.05) is 5.56 Å². The van der Waals surface area contributed by atoms with E-state index in [1.165, 1.54) is 33.3 Å². The van der Waals surface area contributed by atoms with Crippen LogP contribution in [0.5, 0.6) is 23.0 Å². The van der Waals surface area contributed by atoms with E-state index >= 15 is 0 Å². The largest absolute Gasteiger partial charge is 0.493 e. The molecule has 0 N–H and O–H groups in total. The molecular formula is C24H24O9. The highest BCUT2D eigenvalue weighted by Gasteiger charge is 2.63. The van der Waals surface area contributed by atoms with E-state index in [1.807, 2.05) is 0 Å². The average Bonchev–Trinajstić information content (AvgIpc) is 3.40. The average molecular weight is 456 g/mol. The Morgan fingerprint density at radius 2 is 1.76 bits per heavy atom. The molecule has 2 aromatic rings. The number of rotatable bonds is 7. The van der Waals surface area contributed by atoms with Crippen LogP contribution >= 0.6 is 0 Å². The molecular weight excluding hydrogens is 432 g/mol. The highest BCUT2D eigenvalue weighted by molar-refractivity contribution is 6.16. The summed E-state index contributed by atoms with van der Waals surface area (Å²) in [6.45, 7) is 3.21. The maximum Gasteiger partial charge on any atom is 0.321 e. The SMILES string of the molecule is CCOC(=O)[C@@H]1[C@H](c2ccc3c(c2)OCO3)OC(=O)[C@]1(C)C(=O)c1ccc(OC)c(OC)c1. The molecule has 9 heteroatoms. The van der Waals surface area contributed by atoms with Gasteiger partial charge in [-0.3, -0.25) is 14.4 Å². The Morgan fingerprint density at radius 1 is 1.03 bits per heavy atom. The van der Waals surface area contributed by atoms with Gasteiger partial charge in [-0.25, -0.2) is 0 Å². The van der Waals surface area contributed by atoms with Gasteiger partial charge in [0.2, 0.25) is 6.79 Å². The topological polar surface area (TPSA) is 107 Å². The van der Waals surface area contributed by atoms with Gasteiger partial charge in [0.05, 0.1) is 20.8 Å². The molecule has 33 heavy (non-hydrogen) atoms. The molecule has 0 unspecified atom stereocenters. The molecule has 1 saturated heterocycles. The summed E-state index contributed by atoms with van der Waals surface area (Å²) in [7, 11) is 2.91. The first kappa shape index (κ1) is 22.4. The van der Waals surface area contributed by atoms with Crippen LogP contribution in [0.1, 0.15) is 35.9 Å². The standard InChI is InChI=1S/C24H24O9/c1-5-30-22(26)19-20(13-6-9-16-18(10-13)32-12-31-16)33-23(27)24(19,2)21(25)14-7-8-15(28-3)17(11-14)29-4/h6-11,19-20H,5,12H2,1-4H3/t19-,20-,24-/m0/s1. The molecule has 2 aliphatic heterocycles. The highest BCUT2D eigenvalue weighted by atomic mass is 16.7. The van der Waals surface area contributed by atoms with Crippen LogP contribution in [0, 0.1) is 11.3 Å². The Bertz CT molecular complexity index is 1110. The van der Waals surface area contributed by atoms with Gasteiger partial charge in [0.25, 0.3) is 0 Å². The van der Waals surface area contributed by atoms with Crippen molar-refractivity contribution in [2.45, 2.75) is 20.0 Å². The molecule has 174 valence electrons. The Hall–Kier alpha value is -3.75. The molecule has 1 fully saturated rings. The van der Waals surface area contributed by atoms with Gasteiger partial charge in [0.1, 0.15) is 17.4 Å². The van der Waals surface area contributed by atoms with E-state index in [0.717, 1.165) is 0 Å². The van der Waals surface area contributed by atoms with Gasteiger partial charge >= 0.3 is 11.9 Å². The Labute approximate surface area is 190 Å². The molecule has 2 aliphatic rings. The summed E-state index contributed by atoms with van der Waals surface area (Å²) in [5.74, 6) is -1.58. The van der Waals surface area contributed by atoms with Crippen LogP contribution < -0.4 is 18.9 Å². The van der Waals surface area contributed by atoms with Crippen molar-refractivity contribution >= 4 is 17.7 Å². The van der Waals surface area contributed by atoms with Crippen molar-refractivity contribution in [3.63, 3.8) is 0 Å². The predicted molar refractivity (Wildman–Crippen MR) is 114 cm³/mol. The van der Waals surface area contributed by atoms with E-state index in [1.54, 1.807) is 31.2 Å². The predicted octanol–water partition coefficient (Wildman–Crippen LogP) is 3.10. The van der Waals surface area contributed by atoms with E-state index in [2.05, 4.69) is 0 Å². The number of fused-ring (bicyclic) bond motifs is 1. The number of carbonyl (C=O) groups is 3.